The van der Waals surface area contributed by atoms with Crippen LogP contribution in [0.5, 0.6) is 0 Å². The Hall–Kier alpha value is -1.80. The van der Waals surface area contributed by atoms with E-state index in [1.54, 1.807) is 0 Å². The van der Waals surface area contributed by atoms with Crippen LogP contribution in [0.1, 0.15) is 6.42 Å². The fourth-order valence-electron chi connectivity index (χ4n) is 2.38. The van der Waals surface area contributed by atoms with Gasteiger partial charge in [-0.05, 0) is 26.0 Å². The minimum absolute atomic E-state index is 0.100. The molecule has 1 aromatic carbocycles. The fourth-order valence-corrected chi connectivity index (χ4v) is 4.13. The van der Waals surface area contributed by atoms with Gasteiger partial charge in [0.15, 0.2) is 15.6 Å². The lowest BCUT2D eigenvalue weighted by atomic mass is 9.94. The molecule has 8 heteroatoms. The van der Waals surface area contributed by atoms with Crippen LogP contribution in [0.3, 0.4) is 0 Å². The summed E-state index contributed by atoms with van der Waals surface area (Å²) in [5.41, 5.74) is -0.493. The van der Waals surface area contributed by atoms with Gasteiger partial charge in [-0.15, -0.1) is 0 Å². The van der Waals surface area contributed by atoms with Crippen LogP contribution in [0, 0.1) is 23.0 Å². The van der Waals surface area contributed by atoms with Crippen molar-refractivity contribution in [1.29, 1.82) is 0 Å². The number of rotatable bonds is 4. The number of nitrogens with one attached hydrogen (secondary N) is 1. The van der Waals surface area contributed by atoms with Crippen molar-refractivity contribution in [2.24, 2.45) is 5.92 Å². The zero-order chi connectivity index (χ0) is 15.6. The van der Waals surface area contributed by atoms with Crippen molar-refractivity contribution < 1.29 is 18.1 Å². The third-order valence-corrected chi connectivity index (χ3v) is 5.64. The summed E-state index contributed by atoms with van der Waals surface area (Å²) in [6.07, 6.45) is 0.354. The number of nitrogens with zero attached hydrogens (tertiary/aromatic N) is 1. The smallest absolute Gasteiger partial charge is 0.287 e. The highest BCUT2D eigenvalue weighted by Crippen LogP contribution is 2.30. The van der Waals surface area contributed by atoms with E-state index in [0.29, 0.717) is 13.0 Å². The molecule has 113 valence electrons. The van der Waals surface area contributed by atoms with Crippen LogP contribution in [-0.2, 0) is 14.6 Å². The third kappa shape index (κ3) is 2.96. The maximum Gasteiger partial charge on any atom is 0.287 e. The fraction of sp³-hybridized carbons (Fsp3) is 0.385. The van der Waals surface area contributed by atoms with Crippen molar-refractivity contribution >= 4 is 21.3 Å². The van der Waals surface area contributed by atoms with Crippen LogP contribution >= 0.6 is 0 Å². The molecule has 0 spiro atoms. The Kier molecular flexibility index (Phi) is 4.38. The van der Waals surface area contributed by atoms with E-state index in [-0.39, 0.29) is 17.2 Å². The molecule has 2 rings (SSSR count). The minimum atomic E-state index is -4.05. The second-order valence-electron chi connectivity index (χ2n) is 4.85. The highest BCUT2D eigenvalue weighted by molar-refractivity contribution is 7.92. The molecule has 1 aromatic rings. The summed E-state index contributed by atoms with van der Waals surface area (Å²) in [5.74, 6) is -0.973. The molecule has 0 saturated carbocycles. The third-order valence-electron chi connectivity index (χ3n) is 3.56. The van der Waals surface area contributed by atoms with Crippen LogP contribution in [0.15, 0.2) is 29.2 Å². The van der Waals surface area contributed by atoms with Gasteiger partial charge in [-0.2, -0.15) is 0 Å². The van der Waals surface area contributed by atoms with Gasteiger partial charge in [0.25, 0.3) is 5.69 Å². The Balaban J connectivity index is 2.42. The van der Waals surface area contributed by atoms with Crippen molar-refractivity contribution in [3.63, 3.8) is 0 Å². The van der Waals surface area contributed by atoms with E-state index in [2.05, 4.69) is 12.2 Å². The van der Waals surface area contributed by atoms with Crippen molar-refractivity contribution in [3.8, 4) is 0 Å². The molecule has 2 atom stereocenters. The van der Waals surface area contributed by atoms with Gasteiger partial charge in [0, 0.05) is 12.0 Å². The average Bonchev–Trinajstić information content (AvgIpc) is 2.47. The predicted molar refractivity (Wildman–Crippen MR) is 75.4 cm³/mol. The van der Waals surface area contributed by atoms with E-state index >= 15 is 0 Å². The lowest BCUT2D eigenvalue weighted by molar-refractivity contribution is -0.387. The Labute approximate surface area is 122 Å². The zero-order valence-corrected chi connectivity index (χ0v) is 12.0. The summed E-state index contributed by atoms with van der Waals surface area (Å²) >= 11 is 0. The molecule has 0 bridgehead atoms. The molecule has 0 aliphatic carbocycles. The molecule has 21 heavy (non-hydrogen) atoms. The number of ketones is 1. The standard InChI is InChI=1S/C13H15N2O5S/c1-9(10-6-7-14-8-12(10)16)21(19,20)13-5-3-2-4-11(13)15(17)18/h2-5,9-10,14H,1,6-8H2. The number of nitro benzene ring substituents is 1. The molecule has 0 aromatic heterocycles. The number of Topliss-reactive ketones (excluding diaryl/α,β-unsaturated/α-hetero) is 1. The average molecular weight is 311 g/mol. The lowest BCUT2D eigenvalue weighted by Gasteiger charge is -2.26. The number of piperidine rings is 1. The molecule has 2 unspecified atom stereocenters. The van der Waals surface area contributed by atoms with Gasteiger partial charge >= 0.3 is 0 Å². The van der Waals surface area contributed by atoms with Gasteiger partial charge in [-0.3, -0.25) is 14.9 Å². The normalized spacial score (nSPS) is 21.0. The van der Waals surface area contributed by atoms with E-state index in [9.17, 15) is 23.3 Å². The van der Waals surface area contributed by atoms with Crippen molar-refractivity contribution in [1.82, 2.24) is 5.32 Å². The number of carbonyl (C=O) groups excluding carboxylic acids is 1. The Morgan fingerprint density at radius 2 is 2.05 bits per heavy atom. The van der Waals surface area contributed by atoms with Crippen molar-refractivity contribution in [3.05, 3.63) is 41.3 Å². The molecular weight excluding hydrogens is 296 g/mol. The summed E-state index contributed by atoms with van der Waals surface area (Å²) in [4.78, 5) is 21.7. The molecule has 1 N–H and O–H groups in total. The van der Waals surface area contributed by atoms with Crippen LogP contribution < -0.4 is 5.32 Å². The predicted octanol–water partition coefficient (Wildman–Crippen LogP) is 0.750. The second kappa shape index (κ2) is 5.90. The molecule has 1 heterocycles. The summed E-state index contributed by atoms with van der Waals surface area (Å²) < 4.78 is 25.1. The number of sulfone groups is 1. The van der Waals surface area contributed by atoms with Gasteiger partial charge in [0.05, 0.1) is 16.7 Å². The summed E-state index contributed by atoms with van der Waals surface area (Å²) in [7, 11) is -4.05. The maximum atomic E-state index is 12.6. The van der Waals surface area contributed by atoms with Crippen LogP contribution in [0.2, 0.25) is 0 Å². The highest BCUT2D eigenvalue weighted by Gasteiger charge is 2.39. The molecule has 0 amide bonds. The molecule has 1 aliphatic rings. The van der Waals surface area contributed by atoms with Crippen molar-refractivity contribution in [2.75, 3.05) is 13.1 Å². The van der Waals surface area contributed by atoms with E-state index in [1.807, 2.05) is 0 Å². The monoisotopic (exact) mass is 311 g/mol. The lowest BCUT2D eigenvalue weighted by Crippen LogP contribution is -2.44. The number of nitro groups is 1. The molecule has 1 radical (unpaired) electrons. The summed E-state index contributed by atoms with van der Waals surface area (Å²) in [5, 5.41) is 12.6. The Morgan fingerprint density at radius 1 is 1.38 bits per heavy atom. The molecular formula is C13H15N2O5S. The first-order valence-corrected chi connectivity index (χ1v) is 7.94. The van der Waals surface area contributed by atoms with Crippen LogP contribution in [0.25, 0.3) is 0 Å². The van der Waals surface area contributed by atoms with Gasteiger partial charge in [0.1, 0.15) is 4.90 Å². The topological polar surface area (TPSA) is 106 Å². The first kappa shape index (κ1) is 15.6. The van der Waals surface area contributed by atoms with E-state index < -0.39 is 31.6 Å². The van der Waals surface area contributed by atoms with Gasteiger partial charge in [0.2, 0.25) is 0 Å². The highest BCUT2D eigenvalue weighted by atomic mass is 32.2. The van der Waals surface area contributed by atoms with Gasteiger partial charge < -0.3 is 5.32 Å². The quantitative estimate of drug-likeness (QED) is 0.649. The van der Waals surface area contributed by atoms with E-state index in [4.69, 9.17) is 0 Å². The van der Waals surface area contributed by atoms with Crippen LogP contribution in [0.4, 0.5) is 5.69 Å². The number of hydrogen-bond donors (Lipinski definition) is 1. The van der Waals surface area contributed by atoms with Gasteiger partial charge in [-0.25, -0.2) is 8.42 Å². The second-order valence-corrected chi connectivity index (χ2v) is 6.98. The number of carbonyl (C=O) groups is 1. The van der Waals surface area contributed by atoms with Crippen molar-refractivity contribution in [2.45, 2.75) is 16.6 Å². The number of hydrogen-bond acceptors (Lipinski definition) is 6. The molecule has 7 nitrogen and oxygen atoms in total. The summed E-state index contributed by atoms with van der Waals surface area (Å²) in [6.45, 7) is 4.22. The molecule has 1 aliphatic heterocycles. The number of benzene rings is 1. The molecule has 1 fully saturated rings. The largest absolute Gasteiger partial charge is 0.310 e. The zero-order valence-electron chi connectivity index (χ0n) is 11.2. The molecule has 1 saturated heterocycles. The maximum absolute atomic E-state index is 12.6. The summed E-state index contributed by atoms with van der Waals surface area (Å²) in [6, 6.07) is 5.11. The van der Waals surface area contributed by atoms with Crippen LogP contribution in [-0.4, -0.2) is 37.5 Å². The first-order valence-electron chi connectivity index (χ1n) is 6.39. The first-order chi connectivity index (χ1) is 9.85. The number of para-hydroxylation sites is 1. The van der Waals surface area contributed by atoms with E-state index in [1.165, 1.54) is 18.2 Å². The van der Waals surface area contributed by atoms with Gasteiger partial charge in [-0.1, -0.05) is 12.1 Å². The Bertz CT molecular complexity index is 671. The Morgan fingerprint density at radius 3 is 2.67 bits per heavy atom. The minimum Gasteiger partial charge on any atom is -0.310 e. The SMILES string of the molecule is [CH2]C(C1CCNCC1=O)S(=O)(=O)c1ccccc1[N+](=O)[O-]. The van der Waals surface area contributed by atoms with E-state index in [0.717, 1.165) is 6.07 Å².